The van der Waals surface area contributed by atoms with E-state index in [4.69, 9.17) is 0 Å². The highest BCUT2D eigenvalue weighted by Crippen LogP contribution is 2.20. The molecule has 3 aromatic rings. The zero-order valence-corrected chi connectivity index (χ0v) is 10.7. The summed E-state index contributed by atoms with van der Waals surface area (Å²) in [6, 6.07) is 1.96. The van der Waals surface area contributed by atoms with E-state index in [1.54, 1.807) is 17.9 Å². The molecule has 0 aromatic carbocycles. The standard InChI is InChI=1S/C11H14N8/c1-12-11-15-9(8-6-14-17-10(8)16-11)13-5-7-3-4-19(2)18-7/h3-4,6H,5H2,1-2H3,(H3,12,13,14,15,16,17). The third-order valence-corrected chi connectivity index (χ3v) is 2.74. The Labute approximate surface area is 109 Å². The molecule has 0 bridgehead atoms. The van der Waals surface area contributed by atoms with Crippen molar-refractivity contribution in [2.45, 2.75) is 6.54 Å². The summed E-state index contributed by atoms with van der Waals surface area (Å²) in [5, 5.41) is 18.2. The zero-order valence-electron chi connectivity index (χ0n) is 10.7. The monoisotopic (exact) mass is 258 g/mol. The molecule has 0 aliphatic rings. The molecule has 8 nitrogen and oxygen atoms in total. The summed E-state index contributed by atoms with van der Waals surface area (Å²) in [6.07, 6.45) is 3.61. The molecule has 3 rings (SSSR count). The van der Waals surface area contributed by atoms with Crippen molar-refractivity contribution in [2.24, 2.45) is 7.05 Å². The van der Waals surface area contributed by atoms with Gasteiger partial charge in [-0.15, -0.1) is 0 Å². The lowest BCUT2D eigenvalue weighted by molar-refractivity contribution is 0.747. The molecule has 0 atom stereocenters. The summed E-state index contributed by atoms with van der Waals surface area (Å²) >= 11 is 0. The highest BCUT2D eigenvalue weighted by atomic mass is 15.3. The number of nitrogens with zero attached hydrogens (tertiary/aromatic N) is 5. The van der Waals surface area contributed by atoms with E-state index in [0.717, 1.165) is 16.9 Å². The lowest BCUT2D eigenvalue weighted by atomic mass is 10.3. The Balaban J connectivity index is 1.88. The number of aromatic amines is 1. The molecule has 3 N–H and O–H groups in total. The molecule has 98 valence electrons. The molecule has 3 aromatic heterocycles. The molecule has 0 radical (unpaired) electrons. The maximum absolute atomic E-state index is 4.39. The van der Waals surface area contributed by atoms with Gasteiger partial charge >= 0.3 is 0 Å². The largest absolute Gasteiger partial charge is 0.364 e. The first-order valence-electron chi connectivity index (χ1n) is 5.87. The minimum Gasteiger partial charge on any atom is -0.364 e. The van der Waals surface area contributed by atoms with Crippen LogP contribution in [0.25, 0.3) is 11.0 Å². The zero-order chi connectivity index (χ0) is 13.2. The molecule has 0 spiro atoms. The van der Waals surface area contributed by atoms with E-state index in [9.17, 15) is 0 Å². The Morgan fingerprint density at radius 1 is 1.37 bits per heavy atom. The maximum atomic E-state index is 4.39. The summed E-state index contributed by atoms with van der Waals surface area (Å²) in [6.45, 7) is 0.598. The number of H-pyrrole nitrogens is 1. The summed E-state index contributed by atoms with van der Waals surface area (Å²) < 4.78 is 1.77. The number of nitrogens with one attached hydrogen (secondary N) is 3. The van der Waals surface area contributed by atoms with Crippen LogP contribution in [0.2, 0.25) is 0 Å². The van der Waals surface area contributed by atoms with Crippen LogP contribution in [-0.2, 0) is 13.6 Å². The lowest BCUT2D eigenvalue weighted by Crippen LogP contribution is -2.06. The maximum Gasteiger partial charge on any atom is 0.226 e. The second kappa shape index (κ2) is 4.56. The lowest BCUT2D eigenvalue weighted by Gasteiger charge is -2.06. The first-order valence-corrected chi connectivity index (χ1v) is 5.87. The Kier molecular flexibility index (Phi) is 2.75. The number of hydrogen-bond acceptors (Lipinski definition) is 6. The SMILES string of the molecule is CNc1nc(NCc2ccn(C)n2)c2cn[nH]c2n1. The minimum absolute atomic E-state index is 0.542. The van der Waals surface area contributed by atoms with Gasteiger partial charge in [0.2, 0.25) is 5.95 Å². The fourth-order valence-corrected chi connectivity index (χ4v) is 1.81. The average molecular weight is 258 g/mol. The summed E-state index contributed by atoms with van der Waals surface area (Å²) in [5.74, 6) is 1.27. The van der Waals surface area contributed by atoms with Gasteiger partial charge < -0.3 is 10.6 Å². The molecule has 0 amide bonds. The normalized spacial score (nSPS) is 10.8. The van der Waals surface area contributed by atoms with E-state index in [1.165, 1.54) is 0 Å². The van der Waals surface area contributed by atoms with Gasteiger partial charge in [-0.1, -0.05) is 0 Å². The Bertz CT molecular complexity index is 698. The van der Waals surface area contributed by atoms with Crippen LogP contribution in [0.4, 0.5) is 11.8 Å². The van der Waals surface area contributed by atoms with Gasteiger partial charge in [0.25, 0.3) is 0 Å². The van der Waals surface area contributed by atoms with Gasteiger partial charge in [-0.25, -0.2) is 0 Å². The Hall–Kier alpha value is -2.64. The van der Waals surface area contributed by atoms with E-state index >= 15 is 0 Å². The van der Waals surface area contributed by atoms with Crippen molar-refractivity contribution in [2.75, 3.05) is 17.7 Å². The van der Waals surface area contributed by atoms with Crippen molar-refractivity contribution < 1.29 is 0 Å². The van der Waals surface area contributed by atoms with Gasteiger partial charge in [0, 0.05) is 20.3 Å². The fraction of sp³-hybridized carbons (Fsp3) is 0.273. The highest BCUT2D eigenvalue weighted by Gasteiger charge is 2.09. The number of aromatic nitrogens is 6. The van der Waals surface area contributed by atoms with Crippen LogP contribution in [-0.4, -0.2) is 37.0 Å². The van der Waals surface area contributed by atoms with Crippen molar-refractivity contribution >= 4 is 22.8 Å². The van der Waals surface area contributed by atoms with Gasteiger partial charge in [-0.3, -0.25) is 9.78 Å². The van der Waals surface area contributed by atoms with Gasteiger partial charge in [0.1, 0.15) is 5.82 Å². The number of rotatable bonds is 4. The van der Waals surface area contributed by atoms with Crippen molar-refractivity contribution in [3.05, 3.63) is 24.2 Å². The van der Waals surface area contributed by atoms with E-state index in [2.05, 4.69) is 35.9 Å². The Morgan fingerprint density at radius 2 is 2.26 bits per heavy atom. The van der Waals surface area contributed by atoms with Crippen LogP contribution in [0, 0.1) is 0 Å². The first kappa shape index (κ1) is 11.5. The van der Waals surface area contributed by atoms with Crippen molar-refractivity contribution in [1.82, 2.24) is 29.9 Å². The third-order valence-electron chi connectivity index (χ3n) is 2.74. The molecule has 19 heavy (non-hydrogen) atoms. The van der Waals surface area contributed by atoms with Crippen molar-refractivity contribution in [3.63, 3.8) is 0 Å². The van der Waals surface area contributed by atoms with Crippen molar-refractivity contribution in [1.29, 1.82) is 0 Å². The molecule has 0 saturated heterocycles. The molecule has 0 aliphatic heterocycles. The molecular weight excluding hydrogens is 244 g/mol. The summed E-state index contributed by atoms with van der Waals surface area (Å²) in [5.41, 5.74) is 1.65. The van der Waals surface area contributed by atoms with Crippen LogP contribution in [0.15, 0.2) is 18.5 Å². The highest BCUT2D eigenvalue weighted by molar-refractivity contribution is 5.86. The minimum atomic E-state index is 0.542. The van der Waals surface area contributed by atoms with Crippen LogP contribution in [0.1, 0.15) is 5.69 Å². The van der Waals surface area contributed by atoms with E-state index in [-0.39, 0.29) is 0 Å². The van der Waals surface area contributed by atoms with Crippen LogP contribution in [0.3, 0.4) is 0 Å². The van der Waals surface area contributed by atoms with E-state index < -0.39 is 0 Å². The number of aryl methyl sites for hydroxylation is 1. The number of anilines is 2. The molecular formula is C11H14N8. The summed E-state index contributed by atoms with van der Waals surface area (Å²) in [7, 11) is 3.67. The average Bonchev–Trinajstić information content (AvgIpc) is 3.04. The topological polar surface area (TPSA) is 96.3 Å². The van der Waals surface area contributed by atoms with Crippen LogP contribution < -0.4 is 10.6 Å². The predicted octanol–water partition coefficient (Wildman–Crippen LogP) is 0.740. The molecule has 0 saturated carbocycles. The molecule has 0 aliphatic carbocycles. The van der Waals surface area contributed by atoms with Gasteiger partial charge in [0.05, 0.1) is 23.8 Å². The molecule has 8 heteroatoms. The smallest absolute Gasteiger partial charge is 0.226 e. The molecule has 0 fully saturated rings. The van der Waals surface area contributed by atoms with E-state index in [0.29, 0.717) is 18.1 Å². The predicted molar refractivity (Wildman–Crippen MR) is 71.8 cm³/mol. The fourth-order valence-electron chi connectivity index (χ4n) is 1.81. The van der Waals surface area contributed by atoms with Gasteiger partial charge in [0.15, 0.2) is 5.65 Å². The first-order chi connectivity index (χ1) is 9.26. The second-order valence-corrected chi connectivity index (χ2v) is 4.11. The van der Waals surface area contributed by atoms with Crippen molar-refractivity contribution in [3.8, 4) is 0 Å². The van der Waals surface area contributed by atoms with Crippen LogP contribution >= 0.6 is 0 Å². The van der Waals surface area contributed by atoms with E-state index in [1.807, 2.05) is 19.3 Å². The third kappa shape index (κ3) is 2.19. The van der Waals surface area contributed by atoms with Gasteiger partial charge in [-0.05, 0) is 6.07 Å². The number of hydrogen-bond donors (Lipinski definition) is 3. The second-order valence-electron chi connectivity index (χ2n) is 4.11. The molecule has 0 unspecified atom stereocenters. The number of fused-ring (bicyclic) bond motifs is 1. The van der Waals surface area contributed by atoms with Gasteiger partial charge in [-0.2, -0.15) is 20.2 Å². The summed E-state index contributed by atoms with van der Waals surface area (Å²) in [4.78, 5) is 8.66. The molecule has 3 heterocycles. The quantitative estimate of drug-likeness (QED) is 0.638. The Morgan fingerprint density at radius 3 is 3.00 bits per heavy atom. The van der Waals surface area contributed by atoms with Crippen LogP contribution in [0.5, 0.6) is 0 Å².